The molecule has 1 amide bonds. The van der Waals surface area contributed by atoms with E-state index in [1.165, 1.54) is 11.8 Å². The lowest BCUT2D eigenvalue weighted by Gasteiger charge is -2.04. The predicted octanol–water partition coefficient (Wildman–Crippen LogP) is 3.12. The van der Waals surface area contributed by atoms with Gasteiger partial charge in [-0.05, 0) is 30.7 Å². The summed E-state index contributed by atoms with van der Waals surface area (Å²) in [4.78, 5) is 15.9. The maximum absolute atomic E-state index is 11.7. The molecule has 0 aliphatic rings. The molecule has 92 valence electrons. The largest absolute Gasteiger partial charge is 0.325 e. The van der Waals surface area contributed by atoms with Crippen molar-refractivity contribution in [1.82, 2.24) is 4.98 Å². The second kappa shape index (κ2) is 6.21. The molecule has 18 heavy (non-hydrogen) atoms. The van der Waals surface area contributed by atoms with Crippen molar-refractivity contribution in [3.05, 3.63) is 54.2 Å². The molecule has 0 fully saturated rings. The molecule has 0 unspecified atom stereocenters. The van der Waals surface area contributed by atoms with Gasteiger partial charge in [-0.1, -0.05) is 36.0 Å². The van der Waals surface area contributed by atoms with Crippen LogP contribution in [0.3, 0.4) is 0 Å². The average Bonchev–Trinajstić information content (AvgIpc) is 2.39. The van der Waals surface area contributed by atoms with Crippen molar-refractivity contribution in [2.75, 3.05) is 11.1 Å². The minimum absolute atomic E-state index is 0.0198. The number of anilines is 1. The quantitative estimate of drug-likeness (QED) is 0.857. The Morgan fingerprint density at radius 3 is 2.67 bits per heavy atom. The second-order valence-electron chi connectivity index (χ2n) is 3.88. The third-order valence-electron chi connectivity index (χ3n) is 2.29. The molecule has 2 rings (SSSR count). The first kappa shape index (κ1) is 12.6. The van der Waals surface area contributed by atoms with Gasteiger partial charge >= 0.3 is 0 Å². The van der Waals surface area contributed by atoms with Gasteiger partial charge in [-0.25, -0.2) is 4.98 Å². The van der Waals surface area contributed by atoms with Crippen molar-refractivity contribution < 1.29 is 4.79 Å². The Kier molecular flexibility index (Phi) is 4.36. The van der Waals surface area contributed by atoms with E-state index in [9.17, 15) is 4.79 Å². The number of para-hydroxylation sites is 1. The van der Waals surface area contributed by atoms with E-state index in [-0.39, 0.29) is 5.91 Å². The van der Waals surface area contributed by atoms with Gasteiger partial charge in [0.15, 0.2) is 0 Å². The van der Waals surface area contributed by atoms with Gasteiger partial charge in [0.2, 0.25) is 5.91 Å². The maximum Gasteiger partial charge on any atom is 0.234 e. The summed E-state index contributed by atoms with van der Waals surface area (Å²) >= 11 is 1.43. The summed E-state index contributed by atoms with van der Waals surface area (Å²) in [7, 11) is 0. The van der Waals surface area contributed by atoms with Crippen molar-refractivity contribution >= 4 is 23.4 Å². The molecular formula is C14H14N2OS. The van der Waals surface area contributed by atoms with E-state index < -0.39 is 0 Å². The Balaban J connectivity index is 1.83. The first-order valence-electron chi connectivity index (χ1n) is 5.64. The number of rotatable bonds is 4. The fourth-order valence-electron chi connectivity index (χ4n) is 1.40. The third kappa shape index (κ3) is 3.89. The van der Waals surface area contributed by atoms with Crippen molar-refractivity contribution in [1.29, 1.82) is 0 Å². The number of thioether (sulfide) groups is 1. The summed E-state index contributed by atoms with van der Waals surface area (Å²) in [5, 5.41) is 3.70. The number of pyridine rings is 1. The average molecular weight is 258 g/mol. The summed E-state index contributed by atoms with van der Waals surface area (Å²) in [6, 6.07) is 13.4. The Morgan fingerprint density at radius 2 is 2.00 bits per heavy atom. The number of amides is 1. The molecule has 0 saturated carbocycles. The Bertz CT molecular complexity index is 511. The molecule has 0 aliphatic heterocycles. The van der Waals surface area contributed by atoms with Crippen molar-refractivity contribution in [2.24, 2.45) is 0 Å². The number of nitrogens with zero attached hydrogens (tertiary/aromatic N) is 1. The van der Waals surface area contributed by atoms with E-state index in [4.69, 9.17) is 0 Å². The molecular weight excluding hydrogens is 244 g/mol. The third-order valence-corrected chi connectivity index (χ3v) is 3.24. The number of carbonyl (C=O) groups is 1. The van der Waals surface area contributed by atoms with Crippen LogP contribution in [0.4, 0.5) is 5.69 Å². The van der Waals surface area contributed by atoms with Gasteiger partial charge in [-0.3, -0.25) is 4.79 Å². The molecule has 1 N–H and O–H groups in total. The highest BCUT2D eigenvalue weighted by Gasteiger charge is 2.03. The molecule has 4 heteroatoms. The van der Waals surface area contributed by atoms with E-state index in [1.807, 2.05) is 49.4 Å². The first-order chi connectivity index (χ1) is 8.74. The molecule has 0 saturated heterocycles. The fraction of sp³-hybridized carbons (Fsp3) is 0.143. The minimum atomic E-state index is -0.0198. The predicted molar refractivity (Wildman–Crippen MR) is 74.8 cm³/mol. The number of hydrogen-bond acceptors (Lipinski definition) is 3. The SMILES string of the molecule is Cc1ccc(SCC(=O)Nc2ccccc2)nc1. The van der Waals surface area contributed by atoms with Crippen LogP contribution in [-0.2, 0) is 4.79 Å². The first-order valence-corrected chi connectivity index (χ1v) is 6.63. The van der Waals surface area contributed by atoms with Crippen LogP contribution in [0.15, 0.2) is 53.7 Å². The fourth-order valence-corrected chi connectivity index (χ4v) is 2.04. The Hall–Kier alpha value is -1.81. The van der Waals surface area contributed by atoms with E-state index in [1.54, 1.807) is 6.20 Å². The molecule has 0 radical (unpaired) electrons. The van der Waals surface area contributed by atoms with Crippen LogP contribution in [0, 0.1) is 6.92 Å². The molecule has 2 aromatic rings. The van der Waals surface area contributed by atoms with Crippen molar-refractivity contribution in [3.63, 3.8) is 0 Å². The lowest BCUT2D eigenvalue weighted by Crippen LogP contribution is -2.13. The lowest BCUT2D eigenvalue weighted by atomic mass is 10.3. The highest BCUT2D eigenvalue weighted by atomic mass is 32.2. The summed E-state index contributed by atoms with van der Waals surface area (Å²) < 4.78 is 0. The summed E-state index contributed by atoms with van der Waals surface area (Å²) in [6.45, 7) is 1.99. The lowest BCUT2D eigenvalue weighted by molar-refractivity contribution is -0.113. The Morgan fingerprint density at radius 1 is 1.22 bits per heavy atom. The van der Waals surface area contributed by atoms with E-state index in [2.05, 4.69) is 10.3 Å². The van der Waals surface area contributed by atoms with Gasteiger partial charge in [0, 0.05) is 11.9 Å². The standard InChI is InChI=1S/C14H14N2OS/c1-11-7-8-14(15-9-11)18-10-13(17)16-12-5-3-2-4-6-12/h2-9H,10H2,1H3,(H,16,17). The molecule has 0 spiro atoms. The zero-order chi connectivity index (χ0) is 12.8. The van der Waals surface area contributed by atoms with Crippen LogP contribution in [0.2, 0.25) is 0 Å². The monoisotopic (exact) mass is 258 g/mol. The number of aryl methyl sites for hydroxylation is 1. The highest BCUT2D eigenvalue weighted by molar-refractivity contribution is 7.99. The number of carbonyl (C=O) groups excluding carboxylic acids is 1. The van der Waals surface area contributed by atoms with Gasteiger partial charge < -0.3 is 5.32 Å². The minimum Gasteiger partial charge on any atom is -0.325 e. The Labute approximate surface area is 111 Å². The summed E-state index contributed by atoms with van der Waals surface area (Å²) in [5.41, 5.74) is 1.94. The summed E-state index contributed by atoms with van der Waals surface area (Å²) in [5.74, 6) is 0.346. The number of benzene rings is 1. The molecule has 1 aromatic heterocycles. The molecule has 0 atom stereocenters. The van der Waals surface area contributed by atoms with Gasteiger partial charge in [0.05, 0.1) is 10.8 Å². The van der Waals surface area contributed by atoms with Crippen LogP contribution >= 0.6 is 11.8 Å². The maximum atomic E-state index is 11.7. The zero-order valence-corrected chi connectivity index (χ0v) is 10.9. The van der Waals surface area contributed by atoms with Gasteiger partial charge in [-0.15, -0.1) is 0 Å². The van der Waals surface area contributed by atoms with Crippen LogP contribution < -0.4 is 5.32 Å². The smallest absolute Gasteiger partial charge is 0.234 e. The van der Waals surface area contributed by atoms with Gasteiger partial charge in [0.25, 0.3) is 0 Å². The van der Waals surface area contributed by atoms with Crippen LogP contribution in [0.1, 0.15) is 5.56 Å². The number of nitrogens with one attached hydrogen (secondary N) is 1. The second-order valence-corrected chi connectivity index (χ2v) is 4.87. The van der Waals surface area contributed by atoms with Crippen molar-refractivity contribution in [3.8, 4) is 0 Å². The number of hydrogen-bond donors (Lipinski definition) is 1. The normalized spacial score (nSPS) is 10.1. The molecule has 1 heterocycles. The van der Waals surface area contributed by atoms with E-state index in [0.29, 0.717) is 5.75 Å². The van der Waals surface area contributed by atoms with Crippen LogP contribution in [-0.4, -0.2) is 16.6 Å². The highest BCUT2D eigenvalue weighted by Crippen LogP contribution is 2.15. The zero-order valence-electron chi connectivity index (χ0n) is 10.1. The molecule has 0 bridgehead atoms. The van der Waals surface area contributed by atoms with Crippen LogP contribution in [0.25, 0.3) is 0 Å². The van der Waals surface area contributed by atoms with E-state index >= 15 is 0 Å². The topological polar surface area (TPSA) is 42.0 Å². The molecule has 3 nitrogen and oxygen atoms in total. The van der Waals surface area contributed by atoms with Gasteiger partial charge in [0.1, 0.15) is 0 Å². The molecule has 1 aromatic carbocycles. The van der Waals surface area contributed by atoms with Crippen LogP contribution in [0.5, 0.6) is 0 Å². The van der Waals surface area contributed by atoms with Gasteiger partial charge in [-0.2, -0.15) is 0 Å². The summed E-state index contributed by atoms with van der Waals surface area (Å²) in [6.07, 6.45) is 1.80. The number of aromatic nitrogens is 1. The molecule has 0 aliphatic carbocycles. The van der Waals surface area contributed by atoms with E-state index in [0.717, 1.165) is 16.3 Å². The van der Waals surface area contributed by atoms with Crippen molar-refractivity contribution in [2.45, 2.75) is 11.9 Å².